The third kappa shape index (κ3) is 2.08. The monoisotopic (exact) mass is 281 g/mol. The van der Waals surface area contributed by atoms with Crippen molar-refractivity contribution in [1.82, 2.24) is 25.1 Å². The number of amides is 1. The quantitative estimate of drug-likeness (QED) is 0.883. The van der Waals surface area contributed by atoms with Gasteiger partial charge in [-0.3, -0.25) is 4.79 Å². The summed E-state index contributed by atoms with van der Waals surface area (Å²) >= 11 is 3.24. The van der Waals surface area contributed by atoms with Crippen LogP contribution in [0.2, 0.25) is 0 Å². The number of nitrogens with one attached hydrogen (secondary N) is 1. The van der Waals surface area contributed by atoms with Crippen molar-refractivity contribution in [1.29, 1.82) is 0 Å². The molecule has 0 saturated carbocycles. The van der Waals surface area contributed by atoms with Crippen molar-refractivity contribution in [3.63, 3.8) is 0 Å². The van der Waals surface area contributed by atoms with Gasteiger partial charge in [-0.1, -0.05) is 0 Å². The van der Waals surface area contributed by atoms with Crippen LogP contribution in [0.3, 0.4) is 0 Å². The number of hydrogen-bond donors (Lipinski definition) is 1. The topological polar surface area (TPSA) is 72.7 Å². The molecule has 1 amide bonds. The molecule has 1 N–H and O–H groups in total. The van der Waals surface area contributed by atoms with Gasteiger partial charge in [0.25, 0.3) is 11.9 Å². The van der Waals surface area contributed by atoms with Crippen molar-refractivity contribution in [2.45, 2.75) is 0 Å². The third-order valence-electron chi connectivity index (χ3n) is 1.86. The normalized spacial score (nSPS) is 10.1. The van der Waals surface area contributed by atoms with Crippen LogP contribution >= 0.6 is 15.9 Å². The first kappa shape index (κ1) is 10.7. The predicted octanol–water partition coefficient (Wildman–Crippen LogP) is 0.784. The molecule has 0 aromatic carbocycles. The molecule has 2 aromatic rings. The fourth-order valence-corrected chi connectivity index (χ4v) is 1.31. The Morgan fingerprint density at radius 2 is 2.12 bits per heavy atom. The van der Waals surface area contributed by atoms with Gasteiger partial charge in [-0.15, -0.1) is 0 Å². The summed E-state index contributed by atoms with van der Waals surface area (Å²) < 4.78 is 2.23. The van der Waals surface area contributed by atoms with Crippen molar-refractivity contribution in [3.05, 3.63) is 34.8 Å². The van der Waals surface area contributed by atoms with Crippen LogP contribution in [0.5, 0.6) is 0 Å². The van der Waals surface area contributed by atoms with E-state index in [-0.39, 0.29) is 5.91 Å². The molecule has 0 unspecified atom stereocenters. The Hall–Kier alpha value is -1.76. The highest BCUT2D eigenvalue weighted by molar-refractivity contribution is 9.10. The second-order valence-electron chi connectivity index (χ2n) is 2.93. The van der Waals surface area contributed by atoms with Gasteiger partial charge in [-0.2, -0.15) is 5.10 Å². The van der Waals surface area contributed by atoms with Gasteiger partial charge >= 0.3 is 0 Å². The summed E-state index contributed by atoms with van der Waals surface area (Å²) in [7, 11) is 1.55. The van der Waals surface area contributed by atoms with E-state index in [1.807, 2.05) is 0 Å². The highest BCUT2D eigenvalue weighted by atomic mass is 79.9. The summed E-state index contributed by atoms with van der Waals surface area (Å²) in [5, 5.41) is 6.54. The van der Waals surface area contributed by atoms with Gasteiger partial charge in [0, 0.05) is 25.6 Å². The fraction of sp³-hybridized carbons (Fsp3) is 0.111. The molecule has 0 aliphatic heterocycles. The van der Waals surface area contributed by atoms with E-state index in [9.17, 15) is 4.79 Å². The van der Waals surface area contributed by atoms with Crippen LogP contribution in [-0.2, 0) is 0 Å². The number of aromatic nitrogens is 4. The summed E-state index contributed by atoms with van der Waals surface area (Å²) in [5.74, 6) is 0.175. The lowest BCUT2D eigenvalue weighted by atomic mass is 10.4. The van der Waals surface area contributed by atoms with E-state index < -0.39 is 0 Å². The molecule has 6 nitrogen and oxygen atoms in total. The lowest BCUT2D eigenvalue weighted by molar-refractivity contribution is 0.0957. The number of carbonyl (C=O) groups excluding carboxylic acids is 1. The molecule has 0 fully saturated rings. The van der Waals surface area contributed by atoms with Crippen LogP contribution in [0.25, 0.3) is 5.95 Å². The molecule has 2 heterocycles. The Kier molecular flexibility index (Phi) is 2.95. The SMILES string of the molecule is CNC(=O)c1ccn(-c2ncc(Br)cn2)n1. The number of rotatable bonds is 2. The molecule has 0 bridgehead atoms. The van der Waals surface area contributed by atoms with Crippen molar-refractivity contribution in [3.8, 4) is 5.95 Å². The standard InChI is InChI=1S/C9H8BrN5O/c1-11-8(16)7-2-3-15(14-7)9-12-4-6(10)5-13-9/h2-5H,1H3,(H,11,16). The Morgan fingerprint density at radius 3 is 2.75 bits per heavy atom. The third-order valence-corrected chi connectivity index (χ3v) is 2.27. The van der Waals surface area contributed by atoms with E-state index in [2.05, 4.69) is 36.3 Å². The van der Waals surface area contributed by atoms with Crippen molar-refractivity contribution >= 4 is 21.8 Å². The molecule has 2 aromatic heterocycles. The highest BCUT2D eigenvalue weighted by Crippen LogP contribution is 2.07. The number of carbonyl (C=O) groups is 1. The molecule has 7 heteroatoms. The molecular weight excluding hydrogens is 274 g/mol. The molecule has 0 aliphatic carbocycles. The zero-order chi connectivity index (χ0) is 11.5. The molecule has 0 aliphatic rings. The van der Waals surface area contributed by atoms with Crippen molar-refractivity contribution in [2.24, 2.45) is 0 Å². The summed E-state index contributed by atoms with van der Waals surface area (Å²) in [6, 6.07) is 1.60. The smallest absolute Gasteiger partial charge is 0.271 e. The molecule has 2 rings (SSSR count). The summed E-state index contributed by atoms with van der Waals surface area (Å²) in [6.07, 6.45) is 4.86. The maximum absolute atomic E-state index is 11.3. The second-order valence-corrected chi connectivity index (χ2v) is 3.84. The van der Waals surface area contributed by atoms with Gasteiger partial charge in [0.1, 0.15) is 0 Å². The van der Waals surface area contributed by atoms with Crippen molar-refractivity contribution in [2.75, 3.05) is 7.05 Å². The molecule has 16 heavy (non-hydrogen) atoms. The van der Waals surface area contributed by atoms with E-state index in [1.54, 1.807) is 31.7 Å². The van der Waals surface area contributed by atoms with E-state index in [1.165, 1.54) is 4.68 Å². The van der Waals surface area contributed by atoms with Gasteiger partial charge in [0.2, 0.25) is 0 Å². The first-order valence-electron chi connectivity index (χ1n) is 4.46. The van der Waals surface area contributed by atoms with Gasteiger partial charge in [-0.05, 0) is 22.0 Å². The molecule has 0 radical (unpaired) electrons. The van der Waals surface area contributed by atoms with Crippen LogP contribution < -0.4 is 5.32 Å². The maximum Gasteiger partial charge on any atom is 0.271 e. The lowest BCUT2D eigenvalue weighted by Crippen LogP contribution is -2.18. The number of hydrogen-bond acceptors (Lipinski definition) is 4. The summed E-state index contributed by atoms with van der Waals surface area (Å²) in [4.78, 5) is 19.4. The first-order valence-corrected chi connectivity index (χ1v) is 5.25. The molecule has 0 spiro atoms. The maximum atomic E-state index is 11.3. The lowest BCUT2D eigenvalue weighted by Gasteiger charge is -1.98. The van der Waals surface area contributed by atoms with Crippen LogP contribution in [0.1, 0.15) is 10.5 Å². The van der Waals surface area contributed by atoms with Crippen LogP contribution in [0, 0.1) is 0 Å². The van der Waals surface area contributed by atoms with E-state index in [0.29, 0.717) is 11.6 Å². The fourth-order valence-electron chi connectivity index (χ4n) is 1.11. The van der Waals surface area contributed by atoms with Gasteiger partial charge in [-0.25, -0.2) is 14.6 Å². The number of nitrogens with zero attached hydrogens (tertiary/aromatic N) is 4. The minimum absolute atomic E-state index is 0.240. The Balaban J connectivity index is 2.31. The molecule has 0 atom stereocenters. The van der Waals surface area contributed by atoms with E-state index in [0.717, 1.165) is 4.47 Å². The Morgan fingerprint density at radius 1 is 1.44 bits per heavy atom. The first-order chi connectivity index (χ1) is 7.70. The predicted molar refractivity (Wildman–Crippen MR) is 60.2 cm³/mol. The summed E-state index contributed by atoms with van der Waals surface area (Å²) in [6.45, 7) is 0. The zero-order valence-electron chi connectivity index (χ0n) is 8.38. The van der Waals surface area contributed by atoms with Gasteiger partial charge < -0.3 is 5.32 Å². The minimum Gasteiger partial charge on any atom is -0.354 e. The van der Waals surface area contributed by atoms with E-state index >= 15 is 0 Å². The van der Waals surface area contributed by atoms with Gasteiger partial charge in [0.15, 0.2) is 5.69 Å². The van der Waals surface area contributed by atoms with Crippen molar-refractivity contribution < 1.29 is 4.79 Å². The van der Waals surface area contributed by atoms with Crippen LogP contribution in [-0.4, -0.2) is 32.7 Å². The average Bonchev–Trinajstić information content (AvgIpc) is 2.78. The number of halogens is 1. The minimum atomic E-state index is -0.240. The molecule has 82 valence electrons. The summed E-state index contributed by atoms with van der Waals surface area (Å²) in [5.41, 5.74) is 0.328. The van der Waals surface area contributed by atoms with Crippen LogP contribution in [0.15, 0.2) is 29.1 Å². The van der Waals surface area contributed by atoms with E-state index in [4.69, 9.17) is 0 Å². The largest absolute Gasteiger partial charge is 0.354 e. The highest BCUT2D eigenvalue weighted by Gasteiger charge is 2.08. The Labute approximate surface area is 99.8 Å². The van der Waals surface area contributed by atoms with Gasteiger partial charge in [0.05, 0.1) is 4.47 Å². The van der Waals surface area contributed by atoms with Crippen LogP contribution in [0.4, 0.5) is 0 Å². The Bertz CT molecular complexity index is 507. The molecule has 0 saturated heterocycles. The molecular formula is C9H8BrN5O. The zero-order valence-corrected chi connectivity index (χ0v) is 9.97. The average molecular weight is 282 g/mol. The second kappa shape index (κ2) is 4.40.